The number of nitrogens with one attached hydrogen (secondary N) is 2. The summed E-state index contributed by atoms with van der Waals surface area (Å²) in [4.78, 5) is 25.6. The Hall–Kier alpha value is -1.10. The highest BCUT2D eigenvalue weighted by Gasteiger charge is 2.34. The van der Waals surface area contributed by atoms with Crippen LogP contribution in [0.2, 0.25) is 0 Å². The first-order valence-electron chi connectivity index (χ1n) is 7.86. The quantitative estimate of drug-likeness (QED) is 0.760. The van der Waals surface area contributed by atoms with Gasteiger partial charge in [-0.1, -0.05) is 6.92 Å². The number of likely N-dealkylation sites (N-methyl/N-ethyl adjacent to an activating group) is 1. The molecule has 2 aliphatic heterocycles. The third kappa shape index (κ3) is 3.95. The largest absolute Gasteiger partial charge is 0.358 e. The molecule has 2 unspecified atom stereocenters. The molecule has 2 N–H and O–H groups in total. The zero-order valence-corrected chi connectivity index (χ0v) is 12.7. The van der Waals surface area contributed by atoms with Crippen LogP contribution in [0.15, 0.2) is 0 Å². The van der Waals surface area contributed by atoms with Crippen molar-refractivity contribution < 1.29 is 9.59 Å². The lowest BCUT2D eigenvalue weighted by Gasteiger charge is -2.30. The molecule has 5 heteroatoms. The molecule has 0 aromatic carbocycles. The zero-order valence-electron chi connectivity index (χ0n) is 12.7. The van der Waals surface area contributed by atoms with E-state index in [0.29, 0.717) is 31.0 Å². The van der Waals surface area contributed by atoms with E-state index in [9.17, 15) is 9.59 Å². The van der Waals surface area contributed by atoms with Crippen molar-refractivity contribution in [1.82, 2.24) is 15.5 Å². The van der Waals surface area contributed by atoms with Crippen LogP contribution in [0.4, 0.5) is 0 Å². The van der Waals surface area contributed by atoms with Crippen LogP contribution in [-0.4, -0.2) is 48.9 Å². The molecule has 2 fully saturated rings. The average molecular weight is 281 g/mol. The molecule has 0 aromatic heterocycles. The molecular formula is C15H27N3O2. The van der Waals surface area contributed by atoms with Crippen molar-refractivity contribution >= 4 is 11.8 Å². The fourth-order valence-electron chi connectivity index (χ4n) is 3.53. The zero-order chi connectivity index (χ0) is 14.5. The fraction of sp³-hybridized carbons (Fsp3) is 0.867. The van der Waals surface area contributed by atoms with E-state index in [4.69, 9.17) is 0 Å². The summed E-state index contributed by atoms with van der Waals surface area (Å²) in [6.07, 6.45) is 6.23. The van der Waals surface area contributed by atoms with Crippen LogP contribution in [0.3, 0.4) is 0 Å². The molecule has 0 aliphatic carbocycles. The van der Waals surface area contributed by atoms with Gasteiger partial charge in [-0.3, -0.25) is 9.59 Å². The van der Waals surface area contributed by atoms with Crippen molar-refractivity contribution in [3.8, 4) is 0 Å². The Balaban J connectivity index is 1.85. The standard InChI is InChI=1S/C15H27N3O2/c1-3-6-18(10-14(19)16-2)15(20)9-11-7-12-4-5-13(8-11)17-12/h11-13,17H,3-10H2,1-2H3,(H,16,19). The second-order valence-corrected chi connectivity index (χ2v) is 6.17. The van der Waals surface area contributed by atoms with E-state index >= 15 is 0 Å². The van der Waals surface area contributed by atoms with Gasteiger partial charge in [0.05, 0.1) is 6.54 Å². The molecule has 0 aromatic rings. The van der Waals surface area contributed by atoms with Crippen molar-refractivity contribution in [2.75, 3.05) is 20.1 Å². The summed E-state index contributed by atoms with van der Waals surface area (Å²) < 4.78 is 0. The van der Waals surface area contributed by atoms with Crippen molar-refractivity contribution in [3.63, 3.8) is 0 Å². The van der Waals surface area contributed by atoms with E-state index in [2.05, 4.69) is 10.6 Å². The van der Waals surface area contributed by atoms with Crippen molar-refractivity contribution in [2.24, 2.45) is 5.92 Å². The van der Waals surface area contributed by atoms with Crippen LogP contribution < -0.4 is 10.6 Å². The van der Waals surface area contributed by atoms with E-state index in [1.807, 2.05) is 6.92 Å². The Morgan fingerprint density at radius 2 is 1.90 bits per heavy atom. The van der Waals surface area contributed by atoms with Gasteiger partial charge < -0.3 is 15.5 Å². The van der Waals surface area contributed by atoms with Gasteiger partial charge in [0, 0.05) is 32.1 Å². The first-order chi connectivity index (χ1) is 9.62. The van der Waals surface area contributed by atoms with Crippen molar-refractivity contribution in [1.29, 1.82) is 0 Å². The Labute approximate surface area is 121 Å². The van der Waals surface area contributed by atoms with Gasteiger partial charge in [-0.25, -0.2) is 0 Å². The van der Waals surface area contributed by atoms with Crippen LogP contribution in [-0.2, 0) is 9.59 Å². The number of carbonyl (C=O) groups excluding carboxylic acids is 2. The number of hydrogen-bond donors (Lipinski definition) is 2. The normalized spacial score (nSPS) is 28.2. The van der Waals surface area contributed by atoms with Crippen LogP contribution in [0.1, 0.15) is 45.4 Å². The van der Waals surface area contributed by atoms with Crippen LogP contribution in [0.5, 0.6) is 0 Å². The molecule has 5 nitrogen and oxygen atoms in total. The number of rotatable bonds is 6. The van der Waals surface area contributed by atoms with Gasteiger partial charge in [0.15, 0.2) is 0 Å². The van der Waals surface area contributed by atoms with E-state index < -0.39 is 0 Å². The highest BCUT2D eigenvalue weighted by Crippen LogP contribution is 2.32. The Morgan fingerprint density at radius 1 is 1.25 bits per heavy atom. The third-order valence-electron chi connectivity index (χ3n) is 4.49. The predicted octanol–water partition coefficient (Wildman–Crippen LogP) is 0.892. The summed E-state index contributed by atoms with van der Waals surface area (Å²) in [7, 11) is 1.61. The summed E-state index contributed by atoms with van der Waals surface area (Å²) in [5, 5.41) is 6.19. The highest BCUT2D eigenvalue weighted by atomic mass is 16.2. The molecule has 114 valence electrons. The highest BCUT2D eigenvalue weighted by molar-refractivity contribution is 5.84. The first kappa shape index (κ1) is 15.3. The van der Waals surface area contributed by atoms with Gasteiger partial charge in [-0.2, -0.15) is 0 Å². The van der Waals surface area contributed by atoms with E-state index in [1.54, 1.807) is 11.9 Å². The Bertz CT molecular complexity index is 347. The molecule has 2 atom stereocenters. The fourth-order valence-corrected chi connectivity index (χ4v) is 3.53. The smallest absolute Gasteiger partial charge is 0.239 e. The second-order valence-electron chi connectivity index (χ2n) is 6.17. The van der Waals surface area contributed by atoms with Crippen LogP contribution >= 0.6 is 0 Å². The second kappa shape index (κ2) is 7.07. The topological polar surface area (TPSA) is 61.4 Å². The molecule has 2 rings (SSSR count). The maximum absolute atomic E-state index is 12.4. The van der Waals surface area contributed by atoms with Gasteiger partial charge in [0.1, 0.15) is 0 Å². The number of nitrogens with zero attached hydrogens (tertiary/aromatic N) is 1. The van der Waals surface area contributed by atoms with E-state index in [-0.39, 0.29) is 18.4 Å². The summed E-state index contributed by atoms with van der Waals surface area (Å²) in [6, 6.07) is 1.23. The summed E-state index contributed by atoms with van der Waals surface area (Å²) >= 11 is 0. The maximum Gasteiger partial charge on any atom is 0.239 e. The van der Waals surface area contributed by atoms with E-state index in [1.165, 1.54) is 12.8 Å². The molecule has 2 amide bonds. The average Bonchev–Trinajstić information content (AvgIpc) is 2.77. The number of amides is 2. The lowest BCUT2D eigenvalue weighted by atomic mass is 9.89. The summed E-state index contributed by atoms with van der Waals surface area (Å²) in [6.45, 7) is 2.90. The molecule has 0 saturated carbocycles. The van der Waals surface area contributed by atoms with Crippen molar-refractivity contribution in [3.05, 3.63) is 0 Å². The van der Waals surface area contributed by atoms with Gasteiger partial charge >= 0.3 is 0 Å². The van der Waals surface area contributed by atoms with Gasteiger partial charge in [-0.05, 0) is 38.0 Å². The molecule has 0 radical (unpaired) electrons. The number of carbonyl (C=O) groups is 2. The van der Waals surface area contributed by atoms with Gasteiger partial charge in [0.25, 0.3) is 0 Å². The summed E-state index contributed by atoms with van der Waals surface area (Å²) in [5.41, 5.74) is 0. The van der Waals surface area contributed by atoms with E-state index in [0.717, 1.165) is 19.3 Å². The number of piperidine rings is 1. The number of hydrogen-bond acceptors (Lipinski definition) is 3. The molecule has 2 heterocycles. The minimum atomic E-state index is -0.0859. The van der Waals surface area contributed by atoms with Crippen LogP contribution in [0, 0.1) is 5.92 Å². The molecule has 20 heavy (non-hydrogen) atoms. The molecule has 2 saturated heterocycles. The van der Waals surface area contributed by atoms with Gasteiger partial charge in [-0.15, -0.1) is 0 Å². The monoisotopic (exact) mass is 281 g/mol. The lowest BCUT2D eigenvalue weighted by Crippen LogP contribution is -2.43. The predicted molar refractivity (Wildman–Crippen MR) is 78.2 cm³/mol. The maximum atomic E-state index is 12.4. The summed E-state index contributed by atoms with van der Waals surface area (Å²) in [5.74, 6) is 0.546. The number of fused-ring (bicyclic) bond motifs is 2. The first-order valence-corrected chi connectivity index (χ1v) is 7.86. The van der Waals surface area contributed by atoms with Gasteiger partial charge in [0.2, 0.25) is 11.8 Å². The molecule has 2 bridgehead atoms. The third-order valence-corrected chi connectivity index (χ3v) is 4.49. The Kier molecular flexibility index (Phi) is 5.40. The van der Waals surface area contributed by atoms with Crippen molar-refractivity contribution in [2.45, 2.75) is 57.5 Å². The SMILES string of the molecule is CCCN(CC(=O)NC)C(=O)CC1CC2CCC(C1)N2. The molecular weight excluding hydrogens is 254 g/mol. The van der Waals surface area contributed by atoms with Crippen LogP contribution in [0.25, 0.3) is 0 Å². The molecule has 2 aliphatic rings. The lowest BCUT2D eigenvalue weighted by molar-refractivity contribution is -0.137. The minimum absolute atomic E-state index is 0.0859. The Morgan fingerprint density at radius 3 is 2.45 bits per heavy atom. The molecule has 0 spiro atoms. The minimum Gasteiger partial charge on any atom is -0.358 e.